The van der Waals surface area contributed by atoms with Crippen LogP contribution in [-0.4, -0.2) is 23.4 Å². The van der Waals surface area contributed by atoms with Gasteiger partial charge in [-0.2, -0.15) is 8.75 Å². The normalized spacial score (nSPS) is 12.7. The fourth-order valence-electron chi connectivity index (χ4n) is 3.73. The SMILES string of the molecule is Cc1ccc(C(=O)NC(C)c2ccc(Cl)cc2Cl)c(N(c2nsnc2Cc2ccccc2)S(=O)[O-])c1. The van der Waals surface area contributed by atoms with Crippen molar-refractivity contribution < 1.29 is 13.6 Å². The molecule has 1 N–H and O–H groups in total. The molecule has 186 valence electrons. The minimum absolute atomic E-state index is 0.158. The van der Waals surface area contributed by atoms with Crippen molar-refractivity contribution in [1.82, 2.24) is 14.1 Å². The largest absolute Gasteiger partial charge is 0.755 e. The summed E-state index contributed by atoms with van der Waals surface area (Å²) in [5, 5.41) is 3.80. The van der Waals surface area contributed by atoms with Gasteiger partial charge in [-0.15, -0.1) is 0 Å². The second-order valence-corrected chi connectivity index (χ2v) is 10.3. The van der Waals surface area contributed by atoms with Crippen LogP contribution in [0.3, 0.4) is 0 Å². The molecule has 0 radical (unpaired) electrons. The summed E-state index contributed by atoms with van der Waals surface area (Å²) in [6.07, 6.45) is 0.389. The minimum Gasteiger partial charge on any atom is -0.755 e. The summed E-state index contributed by atoms with van der Waals surface area (Å²) in [4.78, 5) is 13.4. The molecule has 4 rings (SSSR count). The van der Waals surface area contributed by atoms with Crippen LogP contribution < -0.4 is 9.62 Å². The van der Waals surface area contributed by atoms with E-state index in [4.69, 9.17) is 23.2 Å². The lowest BCUT2D eigenvalue weighted by molar-refractivity contribution is 0.0940. The number of nitrogens with zero attached hydrogens (tertiary/aromatic N) is 3. The summed E-state index contributed by atoms with van der Waals surface area (Å²) < 4.78 is 34.6. The van der Waals surface area contributed by atoms with Crippen molar-refractivity contribution in [2.75, 3.05) is 4.31 Å². The molecule has 3 aromatic carbocycles. The zero-order valence-electron chi connectivity index (χ0n) is 19.3. The Balaban J connectivity index is 1.70. The highest BCUT2D eigenvalue weighted by Crippen LogP contribution is 2.34. The Morgan fingerprint density at radius 1 is 1.11 bits per heavy atom. The van der Waals surface area contributed by atoms with E-state index in [0.29, 0.717) is 27.7 Å². The first-order valence-electron chi connectivity index (χ1n) is 10.9. The van der Waals surface area contributed by atoms with Crippen molar-refractivity contribution in [3.63, 3.8) is 0 Å². The molecule has 1 amide bonds. The van der Waals surface area contributed by atoms with E-state index in [1.54, 1.807) is 43.3 Å². The molecule has 0 fully saturated rings. The maximum Gasteiger partial charge on any atom is 0.253 e. The molecule has 4 aromatic rings. The number of amides is 1. The van der Waals surface area contributed by atoms with E-state index in [1.165, 1.54) is 0 Å². The molecule has 0 saturated heterocycles. The van der Waals surface area contributed by atoms with Crippen molar-refractivity contribution >= 4 is 63.6 Å². The second kappa shape index (κ2) is 11.5. The van der Waals surface area contributed by atoms with Crippen LogP contribution in [0, 0.1) is 6.92 Å². The molecule has 0 aliphatic heterocycles. The lowest BCUT2D eigenvalue weighted by Gasteiger charge is -2.27. The Morgan fingerprint density at radius 3 is 2.56 bits per heavy atom. The standard InChI is InChI=1S/C25H22Cl2N4O3S2/c1-15-8-10-20(25(32)28-16(2)19-11-9-18(26)14-21(19)27)23(12-15)31(36(33)34)24-22(29-35-30-24)13-17-6-4-3-5-7-17/h3-12,14,16H,13H2,1-2H3,(H,28,32)(H,33,34)/p-1. The third kappa shape index (κ3) is 5.93. The average Bonchev–Trinajstić information content (AvgIpc) is 3.27. The number of halogens is 2. The van der Waals surface area contributed by atoms with Crippen LogP contribution in [-0.2, 0) is 17.7 Å². The molecule has 0 spiro atoms. The Kier molecular flexibility index (Phi) is 8.38. The first-order chi connectivity index (χ1) is 17.2. The number of carbonyl (C=O) groups is 1. The number of hydrogen-bond donors (Lipinski definition) is 1. The van der Waals surface area contributed by atoms with Gasteiger partial charge in [-0.1, -0.05) is 65.7 Å². The van der Waals surface area contributed by atoms with Gasteiger partial charge in [-0.05, 0) is 54.8 Å². The van der Waals surface area contributed by atoms with Crippen molar-refractivity contribution in [2.45, 2.75) is 26.3 Å². The maximum atomic E-state index is 13.4. The average molecular weight is 561 g/mol. The van der Waals surface area contributed by atoms with Crippen LogP contribution in [0.5, 0.6) is 0 Å². The van der Waals surface area contributed by atoms with E-state index in [9.17, 15) is 13.6 Å². The number of benzene rings is 3. The summed E-state index contributed by atoms with van der Waals surface area (Å²) in [5.41, 5.74) is 3.25. The zero-order chi connectivity index (χ0) is 25.8. The van der Waals surface area contributed by atoms with Gasteiger partial charge in [-0.25, -0.2) is 0 Å². The predicted octanol–water partition coefficient (Wildman–Crippen LogP) is 6.17. The van der Waals surface area contributed by atoms with Gasteiger partial charge < -0.3 is 9.87 Å². The lowest BCUT2D eigenvalue weighted by Crippen LogP contribution is -2.30. The third-order valence-corrected chi connectivity index (χ3v) is 7.27. The Hall–Kier alpha value is -2.82. The van der Waals surface area contributed by atoms with E-state index in [0.717, 1.165) is 27.2 Å². The fraction of sp³-hybridized carbons (Fsp3) is 0.160. The molecule has 36 heavy (non-hydrogen) atoms. The summed E-state index contributed by atoms with van der Waals surface area (Å²) in [5.74, 6) is -0.308. The fourth-order valence-corrected chi connectivity index (χ4v) is 5.50. The molecule has 7 nitrogen and oxygen atoms in total. The van der Waals surface area contributed by atoms with E-state index < -0.39 is 23.2 Å². The van der Waals surface area contributed by atoms with Gasteiger partial charge in [0.25, 0.3) is 5.91 Å². The number of anilines is 2. The molecule has 2 unspecified atom stereocenters. The van der Waals surface area contributed by atoms with E-state index in [2.05, 4.69) is 14.1 Å². The van der Waals surface area contributed by atoms with Crippen LogP contribution in [0.15, 0.2) is 66.7 Å². The molecule has 0 bridgehead atoms. The Labute approximate surface area is 225 Å². The lowest BCUT2D eigenvalue weighted by atomic mass is 10.1. The molecule has 0 saturated carbocycles. The number of nitrogens with one attached hydrogen (secondary N) is 1. The first kappa shape index (κ1) is 26.2. The first-order valence-corrected chi connectivity index (χ1v) is 13.4. The number of hydrogen-bond acceptors (Lipinski definition) is 6. The molecule has 11 heteroatoms. The van der Waals surface area contributed by atoms with Gasteiger partial charge in [0.05, 0.1) is 40.3 Å². The van der Waals surface area contributed by atoms with Crippen LogP contribution in [0.25, 0.3) is 0 Å². The monoisotopic (exact) mass is 559 g/mol. The van der Waals surface area contributed by atoms with E-state index in [1.807, 2.05) is 37.3 Å². The number of aromatic nitrogens is 2. The maximum absolute atomic E-state index is 13.4. The van der Waals surface area contributed by atoms with Crippen molar-refractivity contribution in [3.8, 4) is 0 Å². The van der Waals surface area contributed by atoms with Gasteiger partial charge in [0.2, 0.25) is 0 Å². The van der Waals surface area contributed by atoms with E-state index >= 15 is 0 Å². The van der Waals surface area contributed by atoms with E-state index in [-0.39, 0.29) is 17.1 Å². The number of carbonyl (C=O) groups excluding carboxylic acids is 1. The highest BCUT2D eigenvalue weighted by atomic mass is 35.5. The second-order valence-electron chi connectivity index (χ2n) is 8.09. The van der Waals surface area contributed by atoms with Gasteiger partial charge in [-0.3, -0.25) is 13.3 Å². The predicted molar refractivity (Wildman–Crippen MR) is 144 cm³/mol. The Morgan fingerprint density at radius 2 is 1.86 bits per heavy atom. The zero-order valence-corrected chi connectivity index (χ0v) is 22.4. The highest BCUT2D eigenvalue weighted by molar-refractivity contribution is 7.81. The molecule has 1 aromatic heterocycles. The quantitative estimate of drug-likeness (QED) is 0.260. The molecular formula is C25H21Cl2N4O3S2-. The van der Waals surface area contributed by atoms with Crippen molar-refractivity contribution in [2.24, 2.45) is 0 Å². The molecular weight excluding hydrogens is 539 g/mol. The third-order valence-electron chi connectivity index (χ3n) is 5.49. The molecule has 0 aliphatic carbocycles. The Bertz CT molecular complexity index is 1420. The van der Waals surface area contributed by atoms with Gasteiger partial charge in [0.1, 0.15) is 5.69 Å². The van der Waals surface area contributed by atoms with Crippen molar-refractivity contribution in [3.05, 3.63) is 105 Å². The number of rotatable bonds is 8. The minimum atomic E-state index is -2.77. The topological polar surface area (TPSA) is 98.2 Å². The van der Waals surface area contributed by atoms with Gasteiger partial charge >= 0.3 is 0 Å². The summed E-state index contributed by atoms with van der Waals surface area (Å²) >= 11 is 10.4. The molecule has 1 heterocycles. The van der Waals surface area contributed by atoms with Crippen molar-refractivity contribution in [1.29, 1.82) is 0 Å². The van der Waals surface area contributed by atoms with Gasteiger partial charge in [0, 0.05) is 16.5 Å². The molecule has 2 atom stereocenters. The smallest absolute Gasteiger partial charge is 0.253 e. The van der Waals surface area contributed by atoms with Crippen LogP contribution >= 0.6 is 34.9 Å². The van der Waals surface area contributed by atoms with Gasteiger partial charge in [0.15, 0.2) is 5.82 Å². The summed E-state index contributed by atoms with van der Waals surface area (Å²) in [7, 11) is 0. The van der Waals surface area contributed by atoms with Crippen LogP contribution in [0.1, 0.15) is 45.7 Å². The van der Waals surface area contributed by atoms with Crippen LogP contribution in [0.4, 0.5) is 11.5 Å². The number of aryl methyl sites for hydroxylation is 1. The summed E-state index contributed by atoms with van der Waals surface area (Å²) in [6, 6.07) is 19.1. The highest BCUT2D eigenvalue weighted by Gasteiger charge is 2.25. The summed E-state index contributed by atoms with van der Waals surface area (Å²) in [6.45, 7) is 3.60. The van der Waals surface area contributed by atoms with Crippen LogP contribution in [0.2, 0.25) is 10.0 Å². The molecule has 0 aliphatic rings.